The maximum atomic E-state index is 12.6. The Labute approximate surface area is 170 Å². The van der Waals surface area contributed by atoms with Crippen LogP contribution >= 0.6 is 11.8 Å². The van der Waals surface area contributed by atoms with Gasteiger partial charge in [0.05, 0.1) is 12.6 Å². The van der Waals surface area contributed by atoms with Crippen molar-refractivity contribution in [2.24, 2.45) is 11.7 Å². The minimum atomic E-state index is -1.04. The van der Waals surface area contributed by atoms with E-state index in [2.05, 4.69) is 10.6 Å². The summed E-state index contributed by atoms with van der Waals surface area (Å²) in [6.07, 6.45) is 4.11. The summed E-state index contributed by atoms with van der Waals surface area (Å²) in [4.78, 5) is 49.7. The van der Waals surface area contributed by atoms with Gasteiger partial charge in [-0.1, -0.05) is 20.3 Å². The topological polar surface area (TPSA) is 142 Å². The summed E-state index contributed by atoms with van der Waals surface area (Å²) >= 11 is 1.59. The minimum Gasteiger partial charge on any atom is -0.480 e. The lowest BCUT2D eigenvalue weighted by atomic mass is 9.97. The average Bonchev–Trinajstić information content (AvgIpc) is 3.17. The largest absolute Gasteiger partial charge is 0.480 e. The highest BCUT2D eigenvalue weighted by atomic mass is 32.2. The van der Waals surface area contributed by atoms with Gasteiger partial charge < -0.3 is 26.4 Å². The molecule has 28 heavy (non-hydrogen) atoms. The zero-order chi connectivity index (χ0) is 21.3. The lowest BCUT2D eigenvalue weighted by Gasteiger charge is -2.26. The Morgan fingerprint density at radius 3 is 2.54 bits per heavy atom. The predicted octanol–water partition coefficient (Wildman–Crippen LogP) is -0.210. The van der Waals surface area contributed by atoms with E-state index in [1.165, 1.54) is 4.90 Å². The third kappa shape index (κ3) is 6.97. The van der Waals surface area contributed by atoms with Gasteiger partial charge in [0.15, 0.2) is 0 Å². The van der Waals surface area contributed by atoms with Crippen LogP contribution in [0, 0.1) is 5.92 Å². The van der Waals surface area contributed by atoms with Crippen molar-refractivity contribution in [2.75, 3.05) is 25.1 Å². The minimum absolute atomic E-state index is 0.148. The fourth-order valence-corrected chi connectivity index (χ4v) is 3.52. The van der Waals surface area contributed by atoms with Crippen molar-refractivity contribution >= 4 is 35.5 Å². The van der Waals surface area contributed by atoms with Gasteiger partial charge in [0.1, 0.15) is 12.1 Å². The smallest absolute Gasteiger partial charge is 0.326 e. The Balaban J connectivity index is 2.66. The van der Waals surface area contributed by atoms with E-state index in [9.17, 15) is 24.3 Å². The first kappa shape index (κ1) is 24.2. The summed E-state index contributed by atoms with van der Waals surface area (Å²) in [5.41, 5.74) is 5.87. The summed E-state index contributed by atoms with van der Waals surface area (Å²) in [5, 5.41) is 14.4. The molecule has 0 aromatic heterocycles. The second-order valence-corrected chi connectivity index (χ2v) is 8.05. The van der Waals surface area contributed by atoms with Crippen LogP contribution in [-0.2, 0) is 19.2 Å². The highest BCUT2D eigenvalue weighted by Crippen LogP contribution is 2.17. The van der Waals surface area contributed by atoms with E-state index in [0.29, 0.717) is 32.2 Å². The maximum absolute atomic E-state index is 12.6. The summed E-state index contributed by atoms with van der Waals surface area (Å²) in [6, 6.07) is -2.35. The second kappa shape index (κ2) is 11.9. The molecule has 1 aliphatic rings. The highest BCUT2D eigenvalue weighted by molar-refractivity contribution is 7.98. The van der Waals surface area contributed by atoms with Crippen LogP contribution in [0.2, 0.25) is 0 Å². The Morgan fingerprint density at radius 1 is 1.29 bits per heavy atom. The van der Waals surface area contributed by atoms with Crippen LogP contribution in [0.25, 0.3) is 0 Å². The van der Waals surface area contributed by atoms with Gasteiger partial charge in [-0.2, -0.15) is 11.8 Å². The van der Waals surface area contributed by atoms with Crippen LogP contribution in [0.4, 0.5) is 0 Å². The third-order valence-electron chi connectivity index (χ3n) is 5.04. The predicted molar refractivity (Wildman–Crippen MR) is 108 cm³/mol. The molecule has 0 radical (unpaired) electrons. The first-order chi connectivity index (χ1) is 13.2. The van der Waals surface area contributed by atoms with Crippen LogP contribution < -0.4 is 16.4 Å². The van der Waals surface area contributed by atoms with Gasteiger partial charge in [0.25, 0.3) is 0 Å². The van der Waals surface area contributed by atoms with Gasteiger partial charge >= 0.3 is 5.97 Å². The molecule has 1 fully saturated rings. The Bertz CT molecular complexity index is 574. The van der Waals surface area contributed by atoms with E-state index < -0.39 is 41.8 Å². The number of rotatable bonds is 11. The molecule has 3 amide bonds. The Kier molecular flexibility index (Phi) is 10.3. The van der Waals surface area contributed by atoms with Gasteiger partial charge in [-0.05, 0) is 37.2 Å². The van der Waals surface area contributed by atoms with Gasteiger partial charge in [-0.15, -0.1) is 0 Å². The van der Waals surface area contributed by atoms with E-state index in [0.717, 1.165) is 5.75 Å². The standard InChI is InChI=1S/C18H32N4O5S/c1-4-11(2)15(21-16(24)12(19)7-9-28-3)17(25)20-10-14(23)22-8-5-6-13(22)18(26)27/h11-13,15H,4-10,19H2,1-3H3,(H,20,25)(H,21,24)(H,26,27). The number of nitrogens with zero attached hydrogens (tertiary/aromatic N) is 1. The number of carbonyl (C=O) groups excluding carboxylic acids is 3. The van der Waals surface area contributed by atoms with E-state index in [1.54, 1.807) is 11.8 Å². The maximum Gasteiger partial charge on any atom is 0.326 e. The van der Waals surface area contributed by atoms with Crippen LogP contribution in [0.15, 0.2) is 0 Å². The first-order valence-electron chi connectivity index (χ1n) is 9.57. The Morgan fingerprint density at radius 2 is 1.96 bits per heavy atom. The SMILES string of the molecule is CCC(C)C(NC(=O)C(N)CCSC)C(=O)NCC(=O)N1CCCC1C(=O)O. The molecule has 4 unspecified atom stereocenters. The number of carbonyl (C=O) groups is 4. The lowest BCUT2D eigenvalue weighted by molar-refractivity contribution is -0.148. The molecule has 0 aromatic rings. The summed E-state index contributed by atoms with van der Waals surface area (Å²) < 4.78 is 0. The molecule has 9 nitrogen and oxygen atoms in total. The normalized spacial score (nSPS) is 19.6. The molecule has 1 aliphatic heterocycles. The number of thioether (sulfide) groups is 1. The molecule has 4 atom stereocenters. The monoisotopic (exact) mass is 416 g/mol. The molecule has 0 bridgehead atoms. The van der Waals surface area contributed by atoms with Gasteiger partial charge in [0, 0.05) is 6.54 Å². The van der Waals surface area contributed by atoms with Crippen molar-refractivity contribution < 1.29 is 24.3 Å². The first-order valence-corrected chi connectivity index (χ1v) is 11.0. The molecular weight excluding hydrogens is 384 g/mol. The number of amides is 3. The van der Waals surface area contributed by atoms with Crippen LogP contribution in [-0.4, -0.2) is 76.9 Å². The fourth-order valence-electron chi connectivity index (χ4n) is 3.03. The summed E-state index contributed by atoms with van der Waals surface area (Å²) in [6.45, 7) is 3.80. The zero-order valence-corrected chi connectivity index (χ0v) is 17.6. The summed E-state index contributed by atoms with van der Waals surface area (Å²) in [7, 11) is 0. The van der Waals surface area contributed by atoms with E-state index in [-0.39, 0.29) is 12.5 Å². The fraction of sp³-hybridized carbons (Fsp3) is 0.778. The molecule has 1 rings (SSSR count). The van der Waals surface area contributed by atoms with Crippen LogP contribution in [0.5, 0.6) is 0 Å². The van der Waals surface area contributed by atoms with Gasteiger partial charge in [0.2, 0.25) is 17.7 Å². The third-order valence-corrected chi connectivity index (χ3v) is 5.68. The van der Waals surface area contributed by atoms with Crippen molar-refractivity contribution in [1.82, 2.24) is 15.5 Å². The molecule has 1 saturated heterocycles. The number of likely N-dealkylation sites (tertiary alicyclic amines) is 1. The second-order valence-electron chi connectivity index (χ2n) is 7.06. The number of carboxylic acids is 1. The number of hydrogen-bond acceptors (Lipinski definition) is 6. The van der Waals surface area contributed by atoms with Crippen LogP contribution in [0.1, 0.15) is 39.5 Å². The lowest BCUT2D eigenvalue weighted by Crippen LogP contribution is -2.55. The quantitative estimate of drug-likeness (QED) is 0.365. The molecule has 0 aromatic carbocycles. The van der Waals surface area contributed by atoms with Crippen molar-refractivity contribution in [3.63, 3.8) is 0 Å². The van der Waals surface area contributed by atoms with E-state index in [4.69, 9.17) is 5.73 Å². The van der Waals surface area contributed by atoms with E-state index in [1.807, 2.05) is 20.1 Å². The number of hydrogen-bond donors (Lipinski definition) is 4. The molecule has 1 heterocycles. The number of aliphatic carboxylic acids is 1. The molecule has 5 N–H and O–H groups in total. The van der Waals surface area contributed by atoms with Crippen molar-refractivity contribution in [1.29, 1.82) is 0 Å². The molecule has 0 aliphatic carbocycles. The average molecular weight is 417 g/mol. The number of carboxylic acid groups (broad SMARTS) is 1. The molecule has 10 heteroatoms. The highest BCUT2D eigenvalue weighted by Gasteiger charge is 2.34. The Hall–Kier alpha value is -1.81. The van der Waals surface area contributed by atoms with Crippen LogP contribution in [0.3, 0.4) is 0 Å². The molecule has 160 valence electrons. The molecule has 0 spiro atoms. The zero-order valence-electron chi connectivity index (χ0n) is 16.8. The summed E-state index contributed by atoms with van der Waals surface area (Å²) in [5.74, 6) is -1.76. The molecule has 0 saturated carbocycles. The van der Waals surface area contributed by atoms with Gasteiger partial charge in [-0.3, -0.25) is 14.4 Å². The number of nitrogens with one attached hydrogen (secondary N) is 2. The van der Waals surface area contributed by atoms with Crippen molar-refractivity contribution in [2.45, 2.75) is 57.7 Å². The van der Waals surface area contributed by atoms with Crippen molar-refractivity contribution in [3.05, 3.63) is 0 Å². The van der Waals surface area contributed by atoms with Gasteiger partial charge in [-0.25, -0.2) is 4.79 Å². The van der Waals surface area contributed by atoms with Crippen molar-refractivity contribution in [3.8, 4) is 0 Å². The van der Waals surface area contributed by atoms with E-state index >= 15 is 0 Å². The molecular formula is C18H32N4O5S. The number of nitrogens with two attached hydrogens (primary N) is 1.